The average molecular weight is 473 g/mol. The van der Waals surface area contributed by atoms with Crippen LogP contribution in [0.5, 0.6) is 11.5 Å². The molecule has 0 radical (unpaired) electrons. The highest BCUT2D eigenvalue weighted by Gasteiger charge is 2.07. The number of hydrogen-bond acceptors (Lipinski definition) is 4. The Labute approximate surface area is 172 Å². The minimum absolute atomic E-state index is 0. The summed E-state index contributed by atoms with van der Waals surface area (Å²) < 4.78 is 16.0. The second-order valence-electron chi connectivity index (χ2n) is 6.03. The van der Waals surface area contributed by atoms with Crippen LogP contribution in [0.1, 0.15) is 19.6 Å². The minimum atomic E-state index is 0. The van der Waals surface area contributed by atoms with E-state index >= 15 is 0 Å². The molecule has 0 bridgehead atoms. The molecule has 7 heteroatoms. The molecule has 0 aliphatic heterocycles. The Morgan fingerprint density at radius 2 is 1.92 bits per heavy atom. The number of halogens is 1. The lowest BCUT2D eigenvalue weighted by Gasteiger charge is -2.15. The first-order valence-electron chi connectivity index (χ1n) is 8.42. The van der Waals surface area contributed by atoms with Gasteiger partial charge >= 0.3 is 0 Å². The van der Waals surface area contributed by atoms with E-state index in [4.69, 9.17) is 13.9 Å². The number of aliphatic imine (C=N–C) groups is 1. The van der Waals surface area contributed by atoms with Gasteiger partial charge in [0, 0.05) is 31.3 Å². The van der Waals surface area contributed by atoms with E-state index in [0.29, 0.717) is 17.4 Å². The van der Waals surface area contributed by atoms with Gasteiger partial charge in [-0.2, -0.15) is 0 Å². The van der Waals surface area contributed by atoms with Crippen LogP contribution in [0.15, 0.2) is 46.0 Å². The zero-order valence-electron chi connectivity index (χ0n) is 15.7. The van der Waals surface area contributed by atoms with Crippen LogP contribution in [0.4, 0.5) is 5.69 Å². The lowest BCUT2D eigenvalue weighted by Crippen LogP contribution is -2.33. The van der Waals surface area contributed by atoms with E-state index in [1.54, 1.807) is 20.5 Å². The van der Waals surface area contributed by atoms with Crippen molar-refractivity contribution in [2.24, 2.45) is 10.9 Å². The Bertz CT molecular complexity index is 673. The zero-order chi connectivity index (χ0) is 18.1. The van der Waals surface area contributed by atoms with Crippen LogP contribution in [-0.4, -0.2) is 33.3 Å². The first kappa shape index (κ1) is 22.1. The molecule has 1 aromatic carbocycles. The molecule has 144 valence electrons. The summed E-state index contributed by atoms with van der Waals surface area (Å²) in [6.07, 6.45) is 2.48. The summed E-state index contributed by atoms with van der Waals surface area (Å²) in [5.41, 5.74) is 0.880. The van der Waals surface area contributed by atoms with Gasteiger partial charge in [0.05, 0.1) is 20.5 Å². The highest BCUT2D eigenvalue weighted by molar-refractivity contribution is 14.0. The third kappa shape index (κ3) is 7.15. The van der Waals surface area contributed by atoms with E-state index in [2.05, 4.69) is 29.5 Å². The topological polar surface area (TPSA) is 68.0 Å². The molecule has 0 unspecified atom stereocenters. The Balaban J connectivity index is 0.00000338. The van der Waals surface area contributed by atoms with Crippen molar-refractivity contribution >= 4 is 35.6 Å². The Morgan fingerprint density at radius 3 is 2.54 bits per heavy atom. The highest BCUT2D eigenvalue weighted by atomic mass is 127. The number of rotatable bonds is 8. The summed E-state index contributed by atoms with van der Waals surface area (Å²) >= 11 is 0. The Kier molecular flexibility index (Phi) is 9.93. The first-order valence-corrected chi connectivity index (χ1v) is 8.42. The molecule has 0 spiro atoms. The molecule has 0 fully saturated rings. The van der Waals surface area contributed by atoms with Gasteiger partial charge in [-0.25, -0.2) is 0 Å². The van der Waals surface area contributed by atoms with Crippen LogP contribution in [-0.2, 0) is 6.42 Å². The summed E-state index contributed by atoms with van der Waals surface area (Å²) in [4.78, 5) is 4.63. The van der Waals surface area contributed by atoms with Crippen LogP contribution in [0.25, 0.3) is 0 Å². The lowest BCUT2D eigenvalue weighted by atomic mass is 10.2. The molecule has 0 atom stereocenters. The van der Waals surface area contributed by atoms with Gasteiger partial charge in [0.2, 0.25) is 0 Å². The predicted molar refractivity (Wildman–Crippen MR) is 116 cm³/mol. The van der Waals surface area contributed by atoms with E-state index in [9.17, 15) is 0 Å². The second kappa shape index (κ2) is 11.7. The van der Waals surface area contributed by atoms with E-state index in [1.165, 1.54) is 0 Å². The second-order valence-corrected chi connectivity index (χ2v) is 6.03. The SMILES string of the molecule is COc1ccc(NC(=NCC(C)C)NCCc2ccco2)cc1OC.I. The van der Waals surface area contributed by atoms with Crippen molar-refractivity contribution in [2.75, 3.05) is 32.6 Å². The van der Waals surface area contributed by atoms with Crippen molar-refractivity contribution < 1.29 is 13.9 Å². The summed E-state index contributed by atoms with van der Waals surface area (Å²) in [6, 6.07) is 9.54. The number of ether oxygens (including phenoxy) is 2. The first-order chi connectivity index (χ1) is 12.1. The van der Waals surface area contributed by atoms with Crippen LogP contribution in [0.2, 0.25) is 0 Å². The number of furan rings is 1. The smallest absolute Gasteiger partial charge is 0.195 e. The molecule has 1 aromatic heterocycles. The van der Waals surface area contributed by atoms with Crippen LogP contribution < -0.4 is 20.1 Å². The number of hydrogen-bond donors (Lipinski definition) is 2. The molecule has 0 saturated heterocycles. The van der Waals surface area contributed by atoms with Gasteiger partial charge in [-0.1, -0.05) is 13.8 Å². The van der Waals surface area contributed by atoms with Gasteiger partial charge in [-0.05, 0) is 30.2 Å². The quantitative estimate of drug-likeness (QED) is 0.342. The maximum Gasteiger partial charge on any atom is 0.195 e. The molecular formula is C19H28IN3O3. The van der Waals surface area contributed by atoms with Crippen LogP contribution in [0.3, 0.4) is 0 Å². The Hall–Kier alpha value is -1.90. The fourth-order valence-corrected chi connectivity index (χ4v) is 2.22. The van der Waals surface area contributed by atoms with Crippen LogP contribution >= 0.6 is 24.0 Å². The van der Waals surface area contributed by atoms with Crippen molar-refractivity contribution in [1.82, 2.24) is 5.32 Å². The molecule has 1 heterocycles. The van der Waals surface area contributed by atoms with E-state index in [1.807, 2.05) is 30.3 Å². The van der Waals surface area contributed by atoms with Gasteiger partial charge in [-0.15, -0.1) is 24.0 Å². The molecular weight excluding hydrogens is 445 g/mol. The van der Waals surface area contributed by atoms with E-state index < -0.39 is 0 Å². The fourth-order valence-electron chi connectivity index (χ4n) is 2.22. The molecule has 2 aromatic rings. The molecule has 6 nitrogen and oxygen atoms in total. The van der Waals surface area contributed by atoms with Crippen molar-refractivity contribution in [3.05, 3.63) is 42.4 Å². The van der Waals surface area contributed by atoms with Gasteiger partial charge in [0.15, 0.2) is 17.5 Å². The van der Waals surface area contributed by atoms with Gasteiger partial charge in [-0.3, -0.25) is 4.99 Å². The fraction of sp³-hybridized carbons (Fsp3) is 0.421. The normalized spacial score (nSPS) is 11.0. The van der Waals surface area contributed by atoms with Gasteiger partial charge < -0.3 is 24.5 Å². The molecule has 0 saturated carbocycles. The highest BCUT2D eigenvalue weighted by Crippen LogP contribution is 2.29. The number of anilines is 1. The molecule has 2 N–H and O–H groups in total. The van der Waals surface area contributed by atoms with Crippen molar-refractivity contribution in [2.45, 2.75) is 20.3 Å². The monoisotopic (exact) mass is 473 g/mol. The molecule has 0 aliphatic carbocycles. The summed E-state index contributed by atoms with van der Waals surface area (Å²) in [6.45, 7) is 5.74. The van der Waals surface area contributed by atoms with E-state index in [0.717, 1.165) is 36.9 Å². The summed E-state index contributed by atoms with van der Waals surface area (Å²) in [5, 5.41) is 6.65. The molecule has 0 aliphatic rings. The van der Waals surface area contributed by atoms with Gasteiger partial charge in [0.25, 0.3) is 0 Å². The number of guanidine groups is 1. The van der Waals surface area contributed by atoms with Crippen molar-refractivity contribution in [1.29, 1.82) is 0 Å². The third-order valence-electron chi connectivity index (χ3n) is 3.50. The van der Waals surface area contributed by atoms with Crippen LogP contribution in [0, 0.1) is 5.92 Å². The number of benzene rings is 1. The van der Waals surface area contributed by atoms with E-state index in [-0.39, 0.29) is 24.0 Å². The standard InChI is InChI=1S/C19H27N3O3.HI/c1-14(2)13-21-19(20-10-9-16-6-5-11-25-16)22-15-7-8-17(23-3)18(12-15)24-4;/h5-8,11-12,14H,9-10,13H2,1-4H3,(H2,20,21,22);1H. The molecule has 26 heavy (non-hydrogen) atoms. The summed E-state index contributed by atoms with van der Waals surface area (Å²) in [7, 11) is 3.24. The largest absolute Gasteiger partial charge is 0.493 e. The van der Waals surface area contributed by atoms with Crippen molar-refractivity contribution in [3.8, 4) is 11.5 Å². The summed E-state index contributed by atoms with van der Waals surface area (Å²) in [5.74, 6) is 3.52. The third-order valence-corrected chi connectivity index (χ3v) is 3.50. The number of nitrogens with one attached hydrogen (secondary N) is 2. The molecule has 2 rings (SSSR count). The maximum absolute atomic E-state index is 5.36. The average Bonchev–Trinajstić information content (AvgIpc) is 3.12. The number of methoxy groups -OCH3 is 2. The lowest BCUT2D eigenvalue weighted by molar-refractivity contribution is 0.355. The predicted octanol–water partition coefficient (Wildman–Crippen LogP) is 4.17. The Morgan fingerprint density at radius 1 is 1.15 bits per heavy atom. The molecule has 0 amide bonds. The number of nitrogens with zero attached hydrogens (tertiary/aromatic N) is 1. The zero-order valence-corrected chi connectivity index (χ0v) is 18.1. The maximum atomic E-state index is 5.36. The van der Waals surface area contributed by atoms with Crippen molar-refractivity contribution in [3.63, 3.8) is 0 Å². The van der Waals surface area contributed by atoms with Gasteiger partial charge in [0.1, 0.15) is 5.76 Å². The minimum Gasteiger partial charge on any atom is -0.493 e.